The van der Waals surface area contributed by atoms with Crippen molar-refractivity contribution in [2.45, 2.75) is 53.1 Å². The molecule has 1 aliphatic rings. The normalized spacial score (nSPS) is 21.7. The van der Waals surface area contributed by atoms with E-state index in [2.05, 4.69) is 50.3 Å². The van der Waals surface area contributed by atoms with Crippen LogP contribution in [0.15, 0.2) is 6.07 Å². The van der Waals surface area contributed by atoms with Gasteiger partial charge < -0.3 is 15.2 Å². The Morgan fingerprint density at radius 3 is 2.79 bits per heavy atom. The molecule has 2 rings (SSSR count). The number of aromatic nitrogens is 1. The number of hydrogen-bond acceptors (Lipinski definition) is 2. The van der Waals surface area contributed by atoms with Crippen molar-refractivity contribution in [3.8, 4) is 0 Å². The number of fused-ring (bicyclic) bond motifs is 1. The fourth-order valence-electron chi connectivity index (χ4n) is 3.24. The minimum atomic E-state index is 0.211. The SMILES string of the molecule is CCN(C)CCn1c(C)cc2c1CC(C)(C)CC2N. The fourth-order valence-corrected chi connectivity index (χ4v) is 3.24. The van der Waals surface area contributed by atoms with Crippen LogP contribution in [0.25, 0.3) is 0 Å². The van der Waals surface area contributed by atoms with Crippen LogP contribution >= 0.6 is 0 Å². The maximum Gasteiger partial charge on any atom is 0.0352 e. The quantitative estimate of drug-likeness (QED) is 0.906. The van der Waals surface area contributed by atoms with Gasteiger partial charge in [-0.25, -0.2) is 0 Å². The summed E-state index contributed by atoms with van der Waals surface area (Å²) in [5.74, 6) is 0. The van der Waals surface area contributed by atoms with Crippen molar-refractivity contribution in [2.75, 3.05) is 20.1 Å². The highest BCUT2D eigenvalue weighted by molar-refractivity contribution is 5.34. The Morgan fingerprint density at radius 1 is 1.47 bits per heavy atom. The summed E-state index contributed by atoms with van der Waals surface area (Å²) in [5, 5.41) is 0. The Kier molecular flexibility index (Phi) is 4.07. The summed E-state index contributed by atoms with van der Waals surface area (Å²) < 4.78 is 2.49. The highest BCUT2D eigenvalue weighted by Gasteiger charge is 2.33. The Labute approximate surface area is 117 Å². The molecule has 19 heavy (non-hydrogen) atoms. The third kappa shape index (κ3) is 3.03. The van der Waals surface area contributed by atoms with Crippen molar-refractivity contribution in [1.82, 2.24) is 9.47 Å². The van der Waals surface area contributed by atoms with E-state index in [1.165, 1.54) is 17.0 Å². The summed E-state index contributed by atoms with van der Waals surface area (Å²) in [6.45, 7) is 12.4. The van der Waals surface area contributed by atoms with Crippen molar-refractivity contribution >= 4 is 0 Å². The van der Waals surface area contributed by atoms with Crippen LogP contribution in [0.4, 0.5) is 0 Å². The first-order valence-corrected chi connectivity index (χ1v) is 7.47. The smallest absolute Gasteiger partial charge is 0.0352 e. The van der Waals surface area contributed by atoms with Crippen molar-refractivity contribution < 1.29 is 0 Å². The van der Waals surface area contributed by atoms with Crippen LogP contribution in [0.1, 0.15) is 50.2 Å². The minimum Gasteiger partial charge on any atom is -0.347 e. The summed E-state index contributed by atoms with van der Waals surface area (Å²) in [6, 6.07) is 2.52. The number of aryl methyl sites for hydroxylation is 1. The molecule has 0 aliphatic heterocycles. The van der Waals surface area contributed by atoms with E-state index in [1.54, 1.807) is 0 Å². The molecule has 0 saturated carbocycles. The van der Waals surface area contributed by atoms with Gasteiger partial charge in [-0.2, -0.15) is 0 Å². The lowest BCUT2D eigenvalue weighted by Crippen LogP contribution is -2.31. The lowest BCUT2D eigenvalue weighted by Gasteiger charge is -2.34. The number of nitrogens with two attached hydrogens (primary N) is 1. The van der Waals surface area contributed by atoms with Crippen LogP contribution in [-0.4, -0.2) is 29.6 Å². The molecule has 0 fully saturated rings. The van der Waals surface area contributed by atoms with Gasteiger partial charge in [0.15, 0.2) is 0 Å². The molecule has 1 heterocycles. The molecule has 3 heteroatoms. The van der Waals surface area contributed by atoms with Crippen molar-refractivity contribution in [3.05, 3.63) is 23.0 Å². The van der Waals surface area contributed by atoms with Gasteiger partial charge in [0, 0.05) is 30.5 Å². The predicted molar refractivity (Wildman–Crippen MR) is 81.4 cm³/mol. The van der Waals surface area contributed by atoms with Gasteiger partial charge >= 0.3 is 0 Å². The summed E-state index contributed by atoms with van der Waals surface area (Å²) in [7, 11) is 2.18. The number of nitrogens with zero attached hydrogens (tertiary/aromatic N) is 2. The molecule has 1 aliphatic carbocycles. The summed E-state index contributed by atoms with van der Waals surface area (Å²) in [6.07, 6.45) is 2.25. The highest BCUT2D eigenvalue weighted by Crippen LogP contribution is 2.40. The molecule has 0 spiro atoms. The minimum absolute atomic E-state index is 0.211. The molecular weight excluding hydrogens is 234 g/mol. The Balaban J connectivity index is 2.26. The molecular formula is C16H29N3. The van der Waals surface area contributed by atoms with Crippen LogP contribution in [-0.2, 0) is 13.0 Å². The lowest BCUT2D eigenvalue weighted by atomic mass is 9.74. The maximum absolute atomic E-state index is 6.36. The van der Waals surface area contributed by atoms with Crippen LogP contribution < -0.4 is 5.73 Å². The van der Waals surface area contributed by atoms with E-state index in [0.717, 1.165) is 32.5 Å². The molecule has 0 saturated heterocycles. The van der Waals surface area contributed by atoms with E-state index in [4.69, 9.17) is 5.73 Å². The second-order valence-electron chi connectivity index (χ2n) is 6.89. The molecule has 0 radical (unpaired) electrons. The van der Waals surface area contributed by atoms with Crippen molar-refractivity contribution in [3.63, 3.8) is 0 Å². The van der Waals surface area contributed by atoms with Crippen molar-refractivity contribution in [1.29, 1.82) is 0 Å². The number of rotatable bonds is 4. The van der Waals surface area contributed by atoms with Crippen molar-refractivity contribution in [2.24, 2.45) is 11.1 Å². The maximum atomic E-state index is 6.36. The molecule has 0 bridgehead atoms. The second kappa shape index (κ2) is 5.29. The van der Waals surface area contributed by atoms with Gasteiger partial charge in [0.05, 0.1) is 0 Å². The molecule has 1 atom stereocenters. The molecule has 1 aromatic rings. The summed E-state index contributed by atoms with van der Waals surface area (Å²) >= 11 is 0. The Morgan fingerprint density at radius 2 is 2.16 bits per heavy atom. The Bertz CT molecular complexity index is 445. The van der Waals surface area contributed by atoms with E-state index in [1.807, 2.05) is 0 Å². The monoisotopic (exact) mass is 263 g/mol. The number of hydrogen-bond donors (Lipinski definition) is 1. The average molecular weight is 263 g/mol. The molecule has 1 aromatic heterocycles. The van der Waals surface area contributed by atoms with Crippen LogP contribution in [0.3, 0.4) is 0 Å². The van der Waals surface area contributed by atoms with Gasteiger partial charge in [0.1, 0.15) is 0 Å². The molecule has 108 valence electrons. The summed E-state index contributed by atoms with van der Waals surface area (Å²) in [4.78, 5) is 2.36. The van der Waals surface area contributed by atoms with E-state index >= 15 is 0 Å². The van der Waals surface area contributed by atoms with Gasteiger partial charge in [-0.05, 0) is 50.4 Å². The topological polar surface area (TPSA) is 34.2 Å². The van der Waals surface area contributed by atoms with Gasteiger partial charge in [0.25, 0.3) is 0 Å². The second-order valence-corrected chi connectivity index (χ2v) is 6.89. The van der Waals surface area contributed by atoms with E-state index in [9.17, 15) is 0 Å². The van der Waals surface area contributed by atoms with Crippen LogP contribution in [0, 0.1) is 12.3 Å². The first-order valence-electron chi connectivity index (χ1n) is 7.47. The molecule has 1 unspecified atom stereocenters. The Hall–Kier alpha value is -0.800. The number of likely N-dealkylation sites (N-methyl/N-ethyl adjacent to an activating group) is 1. The largest absolute Gasteiger partial charge is 0.347 e. The lowest BCUT2D eigenvalue weighted by molar-refractivity contribution is 0.270. The highest BCUT2D eigenvalue weighted by atomic mass is 15.1. The predicted octanol–water partition coefficient (Wildman–Crippen LogP) is 2.72. The van der Waals surface area contributed by atoms with Gasteiger partial charge in [-0.1, -0.05) is 20.8 Å². The fraction of sp³-hybridized carbons (Fsp3) is 0.750. The van der Waals surface area contributed by atoms with E-state index < -0.39 is 0 Å². The zero-order valence-electron chi connectivity index (χ0n) is 13.2. The molecule has 2 N–H and O–H groups in total. The first-order chi connectivity index (χ1) is 8.84. The third-order valence-electron chi connectivity index (χ3n) is 4.51. The molecule has 3 nitrogen and oxygen atoms in total. The van der Waals surface area contributed by atoms with E-state index in [-0.39, 0.29) is 6.04 Å². The van der Waals surface area contributed by atoms with Crippen LogP contribution in [0.5, 0.6) is 0 Å². The molecule has 0 aromatic carbocycles. The zero-order chi connectivity index (χ0) is 14.2. The van der Waals surface area contributed by atoms with Crippen LogP contribution in [0.2, 0.25) is 0 Å². The average Bonchev–Trinajstić information content (AvgIpc) is 2.61. The third-order valence-corrected chi connectivity index (χ3v) is 4.51. The zero-order valence-corrected chi connectivity index (χ0v) is 13.2. The standard InChI is InChI=1S/C16H29N3/c1-6-18(5)7-8-19-12(2)9-13-14(17)10-16(3,4)11-15(13)19/h9,14H,6-8,10-11,17H2,1-5H3. The van der Waals surface area contributed by atoms with Gasteiger partial charge in [-0.15, -0.1) is 0 Å². The van der Waals surface area contributed by atoms with E-state index in [0.29, 0.717) is 5.41 Å². The summed E-state index contributed by atoms with van der Waals surface area (Å²) in [5.41, 5.74) is 10.9. The first kappa shape index (κ1) is 14.6. The van der Waals surface area contributed by atoms with Gasteiger partial charge in [0.2, 0.25) is 0 Å². The van der Waals surface area contributed by atoms with Gasteiger partial charge in [-0.3, -0.25) is 0 Å². The molecule has 0 amide bonds.